The van der Waals surface area contributed by atoms with Crippen LogP contribution in [0.1, 0.15) is 77.6 Å². The van der Waals surface area contributed by atoms with E-state index in [1.165, 1.54) is 6.92 Å². The second kappa shape index (κ2) is 13.1. The van der Waals surface area contributed by atoms with Gasteiger partial charge in [-0.2, -0.15) is 0 Å². The first-order valence-corrected chi connectivity index (χ1v) is 8.02. The Kier molecular flexibility index (Phi) is 12.2. The smallest absolute Gasteiger partial charge is 0.307 e. The molecule has 22 heavy (non-hydrogen) atoms. The molecule has 1 unspecified atom stereocenters. The van der Waals surface area contributed by atoms with Gasteiger partial charge in [0.15, 0.2) is 0 Å². The van der Waals surface area contributed by atoms with E-state index in [1.54, 1.807) is 0 Å². The van der Waals surface area contributed by atoms with Gasteiger partial charge >= 0.3 is 17.9 Å². The van der Waals surface area contributed by atoms with Crippen molar-refractivity contribution in [2.24, 2.45) is 0 Å². The van der Waals surface area contributed by atoms with Gasteiger partial charge in [0.1, 0.15) is 6.10 Å². The lowest BCUT2D eigenvalue weighted by molar-refractivity contribution is -0.151. The molecule has 1 atom stereocenters. The summed E-state index contributed by atoms with van der Waals surface area (Å²) in [5, 5.41) is 17.2. The van der Waals surface area contributed by atoms with E-state index in [4.69, 9.17) is 14.9 Å². The van der Waals surface area contributed by atoms with E-state index in [0.717, 1.165) is 51.4 Å². The van der Waals surface area contributed by atoms with Crippen LogP contribution in [0, 0.1) is 0 Å². The Morgan fingerprint density at radius 1 is 0.818 bits per heavy atom. The standard InChI is InChI=1S/C16H28O6/c1-13(17)22-14(12-16(20)21)10-8-6-4-2-3-5-7-9-11-15(18)19/h14H,2-12H2,1H3,(H,18,19)(H,20,21). The summed E-state index contributed by atoms with van der Waals surface area (Å²) in [7, 11) is 0. The average Bonchev–Trinajstić information content (AvgIpc) is 2.39. The number of ether oxygens (including phenoxy) is 1. The van der Waals surface area contributed by atoms with E-state index in [0.29, 0.717) is 6.42 Å². The number of esters is 1. The van der Waals surface area contributed by atoms with Gasteiger partial charge in [-0.3, -0.25) is 14.4 Å². The fourth-order valence-electron chi connectivity index (χ4n) is 2.34. The van der Waals surface area contributed by atoms with Crippen molar-refractivity contribution in [3.63, 3.8) is 0 Å². The molecule has 0 saturated carbocycles. The van der Waals surface area contributed by atoms with Gasteiger partial charge in [0.25, 0.3) is 0 Å². The van der Waals surface area contributed by atoms with Gasteiger partial charge in [-0.05, 0) is 19.3 Å². The molecule has 128 valence electrons. The Balaban J connectivity index is 3.50. The van der Waals surface area contributed by atoms with Crippen LogP contribution in [0.15, 0.2) is 0 Å². The third kappa shape index (κ3) is 14.8. The maximum absolute atomic E-state index is 10.9. The zero-order valence-electron chi connectivity index (χ0n) is 13.4. The van der Waals surface area contributed by atoms with E-state index >= 15 is 0 Å². The fourth-order valence-corrected chi connectivity index (χ4v) is 2.34. The molecule has 0 amide bonds. The van der Waals surface area contributed by atoms with Gasteiger partial charge in [-0.1, -0.05) is 38.5 Å². The summed E-state index contributed by atoms with van der Waals surface area (Å²) in [5.74, 6) is -2.12. The monoisotopic (exact) mass is 316 g/mol. The molecule has 0 bridgehead atoms. The summed E-state index contributed by atoms with van der Waals surface area (Å²) < 4.78 is 4.98. The van der Waals surface area contributed by atoms with Crippen LogP contribution >= 0.6 is 0 Å². The molecule has 0 aliphatic heterocycles. The van der Waals surface area contributed by atoms with E-state index < -0.39 is 24.0 Å². The summed E-state index contributed by atoms with van der Waals surface area (Å²) in [6.07, 6.45) is 8.05. The largest absolute Gasteiger partial charge is 0.481 e. The topological polar surface area (TPSA) is 101 Å². The molecule has 2 N–H and O–H groups in total. The van der Waals surface area contributed by atoms with Crippen molar-refractivity contribution in [2.45, 2.75) is 83.7 Å². The summed E-state index contributed by atoms with van der Waals surface area (Å²) in [6, 6.07) is 0. The number of carbonyl (C=O) groups is 3. The number of carbonyl (C=O) groups excluding carboxylic acids is 1. The van der Waals surface area contributed by atoms with E-state index in [9.17, 15) is 14.4 Å². The molecule has 0 rings (SSSR count). The van der Waals surface area contributed by atoms with Crippen molar-refractivity contribution in [1.82, 2.24) is 0 Å². The second-order valence-corrected chi connectivity index (χ2v) is 5.59. The van der Waals surface area contributed by atoms with Crippen molar-refractivity contribution >= 4 is 17.9 Å². The molecule has 0 fully saturated rings. The van der Waals surface area contributed by atoms with Gasteiger partial charge in [-0.15, -0.1) is 0 Å². The molecule has 0 aliphatic carbocycles. The highest BCUT2D eigenvalue weighted by Gasteiger charge is 2.15. The lowest BCUT2D eigenvalue weighted by Gasteiger charge is -2.14. The Morgan fingerprint density at radius 3 is 1.77 bits per heavy atom. The van der Waals surface area contributed by atoms with Gasteiger partial charge < -0.3 is 14.9 Å². The lowest BCUT2D eigenvalue weighted by Crippen LogP contribution is -2.20. The second-order valence-electron chi connectivity index (χ2n) is 5.59. The van der Waals surface area contributed by atoms with Crippen LogP contribution in [0.2, 0.25) is 0 Å². The van der Waals surface area contributed by atoms with E-state index in [1.807, 2.05) is 0 Å². The number of hydrogen-bond donors (Lipinski definition) is 2. The van der Waals surface area contributed by atoms with Crippen molar-refractivity contribution in [3.8, 4) is 0 Å². The third-order valence-corrected chi connectivity index (χ3v) is 3.40. The van der Waals surface area contributed by atoms with Crippen molar-refractivity contribution < 1.29 is 29.3 Å². The first-order chi connectivity index (χ1) is 10.4. The number of hydrogen-bond acceptors (Lipinski definition) is 4. The number of rotatable bonds is 14. The molecule has 6 nitrogen and oxygen atoms in total. The van der Waals surface area contributed by atoms with Crippen molar-refractivity contribution in [1.29, 1.82) is 0 Å². The van der Waals surface area contributed by atoms with Gasteiger partial charge in [-0.25, -0.2) is 0 Å². The van der Waals surface area contributed by atoms with E-state index in [-0.39, 0.29) is 12.8 Å². The molecule has 0 aromatic rings. The Morgan fingerprint density at radius 2 is 1.32 bits per heavy atom. The number of carboxylic acid groups (broad SMARTS) is 2. The highest BCUT2D eigenvalue weighted by molar-refractivity contribution is 5.69. The van der Waals surface area contributed by atoms with Crippen LogP contribution in [0.25, 0.3) is 0 Å². The predicted octanol–water partition coefficient (Wildman–Crippen LogP) is 3.38. The molecule has 0 radical (unpaired) electrons. The first kappa shape index (κ1) is 20.4. The lowest BCUT2D eigenvalue weighted by atomic mass is 10.0. The maximum atomic E-state index is 10.9. The molecule has 0 heterocycles. The minimum atomic E-state index is -0.951. The van der Waals surface area contributed by atoms with Gasteiger partial charge in [0.2, 0.25) is 0 Å². The fraction of sp³-hybridized carbons (Fsp3) is 0.812. The zero-order chi connectivity index (χ0) is 16.8. The number of unbranched alkanes of at least 4 members (excludes halogenated alkanes) is 7. The minimum Gasteiger partial charge on any atom is -0.481 e. The molecule has 0 spiro atoms. The maximum Gasteiger partial charge on any atom is 0.307 e. The van der Waals surface area contributed by atoms with Crippen LogP contribution in [0.5, 0.6) is 0 Å². The van der Waals surface area contributed by atoms with Gasteiger partial charge in [0, 0.05) is 13.3 Å². The highest BCUT2D eigenvalue weighted by atomic mass is 16.5. The normalized spacial score (nSPS) is 11.9. The molecule has 0 aromatic carbocycles. The summed E-state index contributed by atoms with van der Waals surface area (Å²) in [5.41, 5.74) is 0. The number of carboxylic acids is 2. The van der Waals surface area contributed by atoms with Gasteiger partial charge in [0.05, 0.1) is 6.42 Å². The van der Waals surface area contributed by atoms with E-state index in [2.05, 4.69) is 0 Å². The summed E-state index contributed by atoms with van der Waals surface area (Å²) >= 11 is 0. The van der Waals surface area contributed by atoms with Crippen LogP contribution in [-0.2, 0) is 19.1 Å². The summed E-state index contributed by atoms with van der Waals surface area (Å²) in [4.78, 5) is 31.9. The number of aliphatic carboxylic acids is 2. The molecule has 0 saturated heterocycles. The summed E-state index contributed by atoms with van der Waals surface area (Å²) in [6.45, 7) is 1.29. The Bertz CT molecular complexity index is 324. The zero-order valence-corrected chi connectivity index (χ0v) is 13.4. The molecule has 0 aliphatic rings. The predicted molar refractivity (Wildman–Crippen MR) is 81.6 cm³/mol. The first-order valence-electron chi connectivity index (χ1n) is 8.02. The minimum absolute atomic E-state index is 0.136. The molecule has 0 aromatic heterocycles. The average molecular weight is 316 g/mol. The molecular weight excluding hydrogens is 288 g/mol. The Labute approximate surface area is 131 Å². The van der Waals surface area contributed by atoms with Crippen LogP contribution in [0.3, 0.4) is 0 Å². The van der Waals surface area contributed by atoms with Crippen molar-refractivity contribution in [2.75, 3.05) is 0 Å². The Hall–Kier alpha value is -1.59. The van der Waals surface area contributed by atoms with Crippen LogP contribution in [-0.4, -0.2) is 34.2 Å². The molecular formula is C16H28O6. The third-order valence-electron chi connectivity index (χ3n) is 3.40. The van der Waals surface area contributed by atoms with Crippen molar-refractivity contribution in [3.05, 3.63) is 0 Å². The molecule has 6 heteroatoms. The van der Waals surface area contributed by atoms with Crippen LogP contribution < -0.4 is 0 Å². The van der Waals surface area contributed by atoms with Crippen LogP contribution in [0.4, 0.5) is 0 Å². The highest BCUT2D eigenvalue weighted by Crippen LogP contribution is 2.14. The quantitative estimate of drug-likeness (QED) is 0.376. The SMILES string of the molecule is CC(=O)OC(CCCCCCCCCCC(=O)O)CC(=O)O.